The Hall–Kier alpha value is -3.90. The Balaban J connectivity index is 1.42. The highest BCUT2D eigenvalue weighted by atomic mass is 35.5. The first-order valence-corrected chi connectivity index (χ1v) is 11.9. The molecular formula is C28H25ClN4O2. The van der Waals surface area contributed by atoms with Gasteiger partial charge in [-0.3, -0.25) is 19.5 Å². The zero-order chi connectivity index (χ0) is 24.4. The molecule has 1 fully saturated rings. The number of nitrogens with zero attached hydrogens (tertiary/aromatic N) is 3. The van der Waals surface area contributed by atoms with Crippen molar-refractivity contribution in [2.45, 2.75) is 25.8 Å². The maximum absolute atomic E-state index is 13.3. The molecule has 5 rings (SSSR count). The molecule has 2 amide bonds. The standard InChI is InChI=1S/C28H25ClN4O2/c1-19-8-5-6-13-24(19)27(35)32(22-14-15-22)18-26(34)31-28-30-25(20-9-3-2-4-10-20)17-33(28)23-12-7-11-21(29)16-23/h2-13,16-17,22H,14-15,18H2,1H3,(H,30,31,34). The quantitative estimate of drug-likeness (QED) is 0.363. The van der Waals surface area contributed by atoms with E-state index in [1.54, 1.807) is 15.5 Å². The number of anilines is 1. The third-order valence-corrected chi connectivity index (χ3v) is 6.29. The third kappa shape index (κ3) is 5.12. The molecule has 7 heteroatoms. The summed E-state index contributed by atoms with van der Waals surface area (Å²) >= 11 is 6.23. The molecule has 1 aliphatic carbocycles. The van der Waals surface area contributed by atoms with Gasteiger partial charge in [0.1, 0.15) is 6.54 Å². The summed E-state index contributed by atoms with van der Waals surface area (Å²) in [6.45, 7) is 1.87. The second-order valence-electron chi connectivity index (χ2n) is 8.69. The van der Waals surface area contributed by atoms with E-state index in [-0.39, 0.29) is 24.4 Å². The number of carbonyl (C=O) groups excluding carboxylic acids is 2. The Morgan fingerprint density at radius 3 is 2.49 bits per heavy atom. The molecule has 1 aromatic heterocycles. The lowest BCUT2D eigenvalue weighted by atomic mass is 10.1. The molecule has 0 spiro atoms. The number of carbonyl (C=O) groups is 2. The van der Waals surface area contributed by atoms with Gasteiger partial charge in [-0.25, -0.2) is 4.98 Å². The second kappa shape index (κ2) is 9.76. The Morgan fingerprint density at radius 2 is 1.77 bits per heavy atom. The van der Waals surface area contributed by atoms with Crippen LogP contribution in [0.25, 0.3) is 16.9 Å². The van der Waals surface area contributed by atoms with Crippen molar-refractivity contribution >= 4 is 29.4 Å². The predicted molar refractivity (Wildman–Crippen MR) is 138 cm³/mol. The summed E-state index contributed by atoms with van der Waals surface area (Å²) < 4.78 is 1.80. The van der Waals surface area contributed by atoms with Crippen molar-refractivity contribution in [1.29, 1.82) is 0 Å². The van der Waals surface area contributed by atoms with E-state index in [0.717, 1.165) is 35.3 Å². The average Bonchev–Trinajstić information content (AvgIpc) is 3.62. The van der Waals surface area contributed by atoms with E-state index >= 15 is 0 Å². The van der Waals surface area contributed by atoms with Crippen LogP contribution in [-0.4, -0.2) is 38.9 Å². The van der Waals surface area contributed by atoms with Crippen LogP contribution in [0.5, 0.6) is 0 Å². The highest BCUT2D eigenvalue weighted by molar-refractivity contribution is 6.30. The summed E-state index contributed by atoms with van der Waals surface area (Å²) in [6.07, 6.45) is 3.67. The van der Waals surface area contributed by atoms with Gasteiger partial charge in [0, 0.05) is 34.1 Å². The largest absolute Gasteiger partial charge is 0.326 e. The van der Waals surface area contributed by atoms with Crippen LogP contribution in [0.2, 0.25) is 5.02 Å². The molecule has 6 nitrogen and oxygen atoms in total. The molecule has 35 heavy (non-hydrogen) atoms. The van der Waals surface area contributed by atoms with Gasteiger partial charge in [-0.2, -0.15) is 0 Å². The summed E-state index contributed by atoms with van der Waals surface area (Å²) in [6, 6.07) is 24.7. The summed E-state index contributed by atoms with van der Waals surface area (Å²) in [5.41, 5.74) is 3.94. The molecule has 0 radical (unpaired) electrons. The Morgan fingerprint density at radius 1 is 1.03 bits per heavy atom. The monoisotopic (exact) mass is 484 g/mol. The van der Waals surface area contributed by atoms with Crippen LogP contribution >= 0.6 is 11.6 Å². The van der Waals surface area contributed by atoms with Crippen LogP contribution in [0.1, 0.15) is 28.8 Å². The first-order chi connectivity index (χ1) is 17.0. The minimum absolute atomic E-state index is 0.0408. The van der Waals surface area contributed by atoms with Crippen LogP contribution in [0.15, 0.2) is 85.1 Å². The Kier molecular flexibility index (Phi) is 6.38. The number of hydrogen-bond acceptors (Lipinski definition) is 3. The molecule has 0 unspecified atom stereocenters. The van der Waals surface area contributed by atoms with E-state index in [1.807, 2.05) is 85.9 Å². The van der Waals surface area contributed by atoms with Crippen LogP contribution in [0, 0.1) is 6.92 Å². The second-order valence-corrected chi connectivity index (χ2v) is 9.13. The number of halogens is 1. The lowest BCUT2D eigenvalue weighted by Gasteiger charge is -2.22. The molecule has 0 bridgehead atoms. The molecular weight excluding hydrogens is 460 g/mol. The van der Waals surface area contributed by atoms with E-state index in [4.69, 9.17) is 16.6 Å². The fraction of sp³-hybridized carbons (Fsp3) is 0.179. The maximum atomic E-state index is 13.3. The molecule has 0 saturated heterocycles. The van der Waals surface area contributed by atoms with Crippen molar-refractivity contribution in [3.05, 3.63) is 101 Å². The lowest BCUT2D eigenvalue weighted by Crippen LogP contribution is -2.40. The zero-order valence-corrected chi connectivity index (χ0v) is 20.1. The van der Waals surface area contributed by atoms with Gasteiger partial charge < -0.3 is 4.90 Å². The van der Waals surface area contributed by atoms with Crippen LogP contribution in [-0.2, 0) is 4.79 Å². The van der Waals surface area contributed by atoms with Crippen LogP contribution < -0.4 is 5.32 Å². The minimum Gasteiger partial charge on any atom is -0.326 e. The molecule has 1 saturated carbocycles. The van der Waals surface area contributed by atoms with Gasteiger partial charge in [0.05, 0.1) is 5.69 Å². The Bertz CT molecular complexity index is 1380. The van der Waals surface area contributed by atoms with Gasteiger partial charge in [-0.1, -0.05) is 66.2 Å². The van der Waals surface area contributed by atoms with Gasteiger partial charge in [0.25, 0.3) is 5.91 Å². The fourth-order valence-corrected chi connectivity index (χ4v) is 4.26. The number of rotatable bonds is 7. The average molecular weight is 485 g/mol. The molecule has 3 aromatic carbocycles. The van der Waals surface area contributed by atoms with Crippen LogP contribution in [0.4, 0.5) is 5.95 Å². The number of benzene rings is 3. The van der Waals surface area contributed by atoms with Crippen molar-refractivity contribution in [2.75, 3.05) is 11.9 Å². The number of nitrogens with one attached hydrogen (secondary N) is 1. The molecule has 176 valence electrons. The first-order valence-electron chi connectivity index (χ1n) is 11.6. The van der Waals surface area contributed by atoms with E-state index in [2.05, 4.69) is 5.32 Å². The van der Waals surface area contributed by atoms with E-state index in [0.29, 0.717) is 16.5 Å². The highest BCUT2D eigenvalue weighted by Gasteiger charge is 2.35. The molecule has 0 atom stereocenters. The van der Waals surface area contributed by atoms with Crippen molar-refractivity contribution < 1.29 is 9.59 Å². The van der Waals surface area contributed by atoms with E-state index in [9.17, 15) is 9.59 Å². The van der Waals surface area contributed by atoms with E-state index < -0.39 is 0 Å². The normalized spacial score (nSPS) is 12.9. The SMILES string of the molecule is Cc1ccccc1C(=O)N(CC(=O)Nc1nc(-c2ccccc2)cn1-c1cccc(Cl)c1)C1CC1. The number of amides is 2. The summed E-state index contributed by atoms with van der Waals surface area (Å²) in [7, 11) is 0. The predicted octanol–water partition coefficient (Wildman–Crippen LogP) is 5.74. The lowest BCUT2D eigenvalue weighted by molar-refractivity contribution is -0.117. The van der Waals surface area contributed by atoms with Crippen LogP contribution in [0.3, 0.4) is 0 Å². The molecule has 4 aromatic rings. The van der Waals surface area contributed by atoms with Crippen molar-refractivity contribution in [2.24, 2.45) is 0 Å². The molecule has 1 aliphatic rings. The van der Waals surface area contributed by atoms with Gasteiger partial charge in [0.15, 0.2) is 0 Å². The van der Waals surface area contributed by atoms with Gasteiger partial charge in [-0.05, 0) is 49.6 Å². The van der Waals surface area contributed by atoms with Gasteiger partial charge in [0.2, 0.25) is 11.9 Å². The third-order valence-electron chi connectivity index (χ3n) is 6.05. The summed E-state index contributed by atoms with van der Waals surface area (Å²) in [5, 5.41) is 3.51. The fourth-order valence-electron chi connectivity index (χ4n) is 4.08. The maximum Gasteiger partial charge on any atom is 0.254 e. The van der Waals surface area contributed by atoms with Gasteiger partial charge in [-0.15, -0.1) is 0 Å². The summed E-state index contributed by atoms with van der Waals surface area (Å²) in [5.74, 6) is -0.0496. The van der Waals surface area contributed by atoms with Gasteiger partial charge >= 0.3 is 0 Å². The number of imidazole rings is 1. The van der Waals surface area contributed by atoms with Crippen molar-refractivity contribution in [1.82, 2.24) is 14.5 Å². The molecule has 1 heterocycles. The number of aryl methyl sites for hydroxylation is 1. The number of aromatic nitrogens is 2. The zero-order valence-electron chi connectivity index (χ0n) is 19.3. The van der Waals surface area contributed by atoms with E-state index in [1.165, 1.54) is 0 Å². The van der Waals surface area contributed by atoms with Crippen molar-refractivity contribution in [3.8, 4) is 16.9 Å². The Labute approximate surface area is 209 Å². The smallest absolute Gasteiger partial charge is 0.254 e. The molecule has 0 aliphatic heterocycles. The minimum atomic E-state index is -0.299. The first kappa shape index (κ1) is 22.9. The molecule has 1 N–H and O–H groups in total. The highest BCUT2D eigenvalue weighted by Crippen LogP contribution is 2.29. The number of hydrogen-bond donors (Lipinski definition) is 1. The topological polar surface area (TPSA) is 67.2 Å². The van der Waals surface area contributed by atoms with Crippen molar-refractivity contribution in [3.63, 3.8) is 0 Å². The summed E-state index contributed by atoms with van der Waals surface area (Å²) in [4.78, 5) is 32.8.